The molecule has 9 nitrogen and oxygen atoms in total. The number of thiophene rings is 1. The van der Waals surface area contributed by atoms with Crippen LogP contribution in [0.2, 0.25) is 0 Å². The molecule has 0 aliphatic carbocycles. The van der Waals surface area contributed by atoms with Crippen molar-refractivity contribution in [1.82, 2.24) is 9.78 Å². The Balaban J connectivity index is 1.98. The maximum absolute atomic E-state index is 12.8. The van der Waals surface area contributed by atoms with Gasteiger partial charge in [0.05, 0.1) is 17.6 Å². The van der Waals surface area contributed by atoms with Crippen LogP contribution in [0.3, 0.4) is 0 Å². The lowest BCUT2D eigenvalue weighted by Gasteiger charge is -2.10. The van der Waals surface area contributed by atoms with E-state index in [1.54, 1.807) is 38.1 Å². The number of esters is 2. The van der Waals surface area contributed by atoms with Crippen molar-refractivity contribution in [3.05, 3.63) is 56.3 Å². The lowest BCUT2D eigenvalue weighted by Crippen LogP contribution is -2.25. The maximum Gasteiger partial charge on any atom is 0.359 e. The van der Waals surface area contributed by atoms with Gasteiger partial charge in [0.1, 0.15) is 22.6 Å². The minimum atomic E-state index is -0.795. The number of hydrogen-bond donors (Lipinski definition) is 1. The first-order chi connectivity index (χ1) is 14.4. The molecule has 30 heavy (non-hydrogen) atoms. The standard InChI is InChI=1S/C20H18N4O5S/c1-3-24-18(25)12-8-6-5-7-11(12)15(23-24)19(26)29-10-14-13(9-21)17(22)30-16(14)20(27)28-4-2/h5-8H,3-4,10,22H2,1-2H3. The highest BCUT2D eigenvalue weighted by Gasteiger charge is 2.25. The molecule has 3 rings (SSSR count). The second-order valence-corrected chi connectivity index (χ2v) is 7.12. The fourth-order valence-electron chi connectivity index (χ4n) is 2.91. The number of aromatic nitrogens is 2. The summed E-state index contributed by atoms with van der Waals surface area (Å²) in [5.41, 5.74) is 5.72. The zero-order chi connectivity index (χ0) is 21.8. The molecule has 10 heteroatoms. The number of aryl methyl sites for hydroxylation is 1. The van der Waals surface area contributed by atoms with Gasteiger partial charge < -0.3 is 15.2 Å². The molecule has 0 atom stereocenters. The first-order valence-electron chi connectivity index (χ1n) is 9.08. The molecule has 2 aromatic heterocycles. The topological polar surface area (TPSA) is 137 Å². The number of fused-ring (bicyclic) bond motifs is 1. The molecule has 2 heterocycles. The second kappa shape index (κ2) is 8.75. The molecule has 0 bridgehead atoms. The third-order valence-corrected chi connectivity index (χ3v) is 5.36. The summed E-state index contributed by atoms with van der Waals surface area (Å²) in [7, 11) is 0. The average molecular weight is 426 g/mol. The number of nitrogens with zero attached hydrogens (tertiary/aromatic N) is 3. The molecule has 0 fully saturated rings. The van der Waals surface area contributed by atoms with Crippen molar-refractivity contribution in [2.75, 3.05) is 12.3 Å². The van der Waals surface area contributed by atoms with Crippen molar-refractivity contribution in [3.8, 4) is 6.07 Å². The van der Waals surface area contributed by atoms with E-state index in [1.807, 2.05) is 6.07 Å². The number of anilines is 1. The minimum absolute atomic E-state index is 0.0357. The van der Waals surface area contributed by atoms with E-state index >= 15 is 0 Å². The third kappa shape index (κ3) is 3.75. The first-order valence-corrected chi connectivity index (χ1v) is 9.89. The highest BCUT2D eigenvalue weighted by molar-refractivity contribution is 7.18. The summed E-state index contributed by atoms with van der Waals surface area (Å²) in [5, 5.41) is 14.3. The normalized spacial score (nSPS) is 10.6. The number of nitriles is 1. The molecule has 0 amide bonds. The fraction of sp³-hybridized carbons (Fsp3) is 0.250. The molecule has 2 N–H and O–H groups in total. The molecule has 0 saturated heterocycles. The molecule has 0 saturated carbocycles. The number of nitrogens with two attached hydrogens (primary N) is 1. The molecule has 1 aromatic carbocycles. The van der Waals surface area contributed by atoms with E-state index in [2.05, 4.69) is 5.10 Å². The third-order valence-electron chi connectivity index (χ3n) is 4.32. The van der Waals surface area contributed by atoms with Gasteiger partial charge >= 0.3 is 11.9 Å². The molecular formula is C20H18N4O5S. The number of benzene rings is 1. The average Bonchev–Trinajstić information content (AvgIpc) is 3.08. The van der Waals surface area contributed by atoms with E-state index in [4.69, 9.17) is 15.2 Å². The number of rotatable bonds is 6. The zero-order valence-corrected chi connectivity index (χ0v) is 17.1. The fourth-order valence-corrected chi connectivity index (χ4v) is 3.83. The highest BCUT2D eigenvalue weighted by Crippen LogP contribution is 2.32. The van der Waals surface area contributed by atoms with Gasteiger partial charge in [-0.15, -0.1) is 11.3 Å². The Hall–Kier alpha value is -3.71. The number of carbonyl (C=O) groups excluding carboxylic acids is 2. The lowest BCUT2D eigenvalue weighted by molar-refractivity contribution is 0.0447. The van der Waals surface area contributed by atoms with Crippen LogP contribution in [0.1, 0.15) is 45.1 Å². The smallest absolute Gasteiger partial charge is 0.359 e. The predicted octanol–water partition coefficient (Wildman–Crippen LogP) is 2.47. The van der Waals surface area contributed by atoms with Crippen molar-refractivity contribution in [2.24, 2.45) is 0 Å². The van der Waals surface area contributed by atoms with Crippen LogP contribution in [-0.2, 0) is 22.6 Å². The molecule has 0 spiro atoms. The van der Waals surface area contributed by atoms with Gasteiger partial charge in [0, 0.05) is 17.5 Å². The highest BCUT2D eigenvalue weighted by atomic mass is 32.1. The van der Waals surface area contributed by atoms with Crippen molar-refractivity contribution in [3.63, 3.8) is 0 Å². The van der Waals surface area contributed by atoms with Crippen LogP contribution in [0, 0.1) is 11.3 Å². The number of ether oxygens (including phenoxy) is 2. The van der Waals surface area contributed by atoms with Gasteiger partial charge in [-0.05, 0) is 19.9 Å². The molecule has 0 aliphatic rings. The number of carbonyl (C=O) groups is 2. The summed E-state index contributed by atoms with van der Waals surface area (Å²) in [6.45, 7) is 3.43. The number of hydrogen-bond acceptors (Lipinski definition) is 9. The van der Waals surface area contributed by atoms with E-state index in [9.17, 15) is 19.6 Å². The predicted molar refractivity (Wildman–Crippen MR) is 110 cm³/mol. The molecule has 0 unspecified atom stereocenters. The van der Waals surface area contributed by atoms with Crippen LogP contribution in [0.5, 0.6) is 0 Å². The number of nitrogen functional groups attached to an aromatic ring is 1. The van der Waals surface area contributed by atoms with Gasteiger partial charge in [-0.2, -0.15) is 10.4 Å². The van der Waals surface area contributed by atoms with Crippen molar-refractivity contribution >= 4 is 39.0 Å². The first kappa shape index (κ1) is 21.0. The van der Waals surface area contributed by atoms with Crippen LogP contribution in [0.15, 0.2) is 29.1 Å². The molecular weight excluding hydrogens is 408 g/mol. The van der Waals surface area contributed by atoms with Gasteiger partial charge in [-0.25, -0.2) is 14.3 Å². The minimum Gasteiger partial charge on any atom is -0.462 e. The van der Waals surface area contributed by atoms with E-state index in [0.717, 1.165) is 11.3 Å². The van der Waals surface area contributed by atoms with Gasteiger partial charge in [-0.1, -0.05) is 18.2 Å². The van der Waals surface area contributed by atoms with Crippen LogP contribution in [-0.4, -0.2) is 28.3 Å². The van der Waals surface area contributed by atoms with Gasteiger partial charge in [0.15, 0.2) is 5.69 Å². The second-order valence-electron chi connectivity index (χ2n) is 6.07. The summed E-state index contributed by atoms with van der Waals surface area (Å²) in [6, 6.07) is 8.51. The molecule has 0 radical (unpaired) electrons. The van der Waals surface area contributed by atoms with Crippen molar-refractivity contribution < 1.29 is 19.1 Å². The summed E-state index contributed by atoms with van der Waals surface area (Å²) in [6.07, 6.45) is 0. The summed E-state index contributed by atoms with van der Waals surface area (Å²) < 4.78 is 11.5. The van der Waals surface area contributed by atoms with Crippen molar-refractivity contribution in [1.29, 1.82) is 5.26 Å². The summed E-state index contributed by atoms with van der Waals surface area (Å²) in [4.78, 5) is 37.5. The Morgan fingerprint density at radius 3 is 2.53 bits per heavy atom. The van der Waals surface area contributed by atoms with E-state index in [1.165, 1.54) is 4.68 Å². The molecule has 0 aliphatic heterocycles. The Morgan fingerprint density at radius 1 is 1.20 bits per heavy atom. The maximum atomic E-state index is 12.8. The van der Waals surface area contributed by atoms with E-state index in [-0.39, 0.29) is 52.0 Å². The SMILES string of the molecule is CCOC(=O)c1sc(N)c(C#N)c1COC(=O)c1nn(CC)c(=O)c2ccccc12. The quantitative estimate of drug-likeness (QED) is 0.593. The lowest BCUT2D eigenvalue weighted by atomic mass is 10.1. The largest absolute Gasteiger partial charge is 0.462 e. The van der Waals surface area contributed by atoms with E-state index in [0.29, 0.717) is 10.8 Å². The zero-order valence-electron chi connectivity index (χ0n) is 16.3. The van der Waals surface area contributed by atoms with Crippen molar-refractivity contribution in [2.45, 2.75) is 27.0 Å². The molecule has 3 aromatic rings. The van der Waals surface area contributed by atoms with Gasteiger partial charge in [0.2, 0.25) is 0 Å². The molecule has 154 valence electrons. The van der Waals surface area contributed by atoms with Gasteiger partial charge in [-0.3, -0.25) is 4.79 Å². The van der Waals surface area contributed by atoms with Crippen LogP contribution in [0.25, 0.3) is 10.8 Å². The Bertz CT molecular complexity index is 1240. The Kier molecular flexibility index (Phi) is 6.13. The Morgan fingerprint density at radius 2 is 1.90 bits per heavy atom. The monoisotopic (exact) mass is 426 g/mol. The van der Waals surface area contributed by atoms with Gasteiger partial charge in [0.25, 0.3) is 5.56 Å². The van der Waals surface area contributed by atoms with Crippen LogP contribution < -0.4 is 11.3 Å². The van der Waals surface area contributed by atoms with E-state index < -0.39 is 11.9 Å². The summed E-state index contributed by atoms with van der Waals surface area (Å²) in [5.74, 6) is -1.44. The summed E-state index contributed by atoms with van der Waals surface area (Å²) >= 11 is 0.900. The van der Waals surface area contributed by atoms with Crippen LogP contribution in [0.4, 0.5) is 5.00 Å². The Labute approximate surface area is 175 Å². The van der Waals surface area contributed by atoms with Crippen LogP contribution >= 0.6 is 11.3 Å².